The highest BCUT2D eigenvalue weighted by Gasteiger charge is 2.46. The third kappa shape index (κ3) is 4.83. The number of hydrogen-bond donors (Lipinski definition) is 3. The van der Waals surface area contributed by atoms with Crippen molar-refractivity contribution in [1.82, 2.24) is 20.0 Å². The highest BCUT2D eigenvalue weighted by Crippen LogP contribution is 2.33. The van der Waals surface area contributed by atoms with Crippen molar-refractivity contribution in [1.29, 1.82) is 0 Å². The number of benzene rings is 1. The monoisotopic (exact) mass is 464 g/mol. The lowest BCUT2D eigenvalue weighted by atomic mass is 9.94. The zero-order chi connectivity index (χ0) is 24.3. The molecule has 0 bridgehead atoms. The van der Waals surface area contributed by atoms with Crippen molar-refractivity contribution in [2.75, 3.05) is 6.54 Å². The average Bonchev–Trinajstić information content (AvgIpc) is 3.56. The van der Waals surface area contributed by atoms with Crippen LogP contribution in [-0.4, -0.2) is 61.0 Å². The molecule has 3 N–H and O–H groups in total. The molecule has 1 aliphatic carbocycles. The number of carbonyl (C=O) groups excluding carboxylic acids is 2. The van der Waals surface area contributed by atoms with Crippen molar-refractivity contribution in [3.63, 3.8) is 0 Å². The van der Waals surface area contributed by atoms with Crippen LogP contribution in [0.25, 0.3) is 0 Å². The zero-order valence-electron chi connectivity index (χ0n) is 19.5. The van der Waals surface area contributed by atoms with Crippen LogP contribution >= 0.6 is 0 Å². The van der Waals surface area contributed by atoms with E-state index in [4.69, 9.17) is 0 Å². The summed E-state index contributed by atoms with van der Waals surface area (Å²) in [5.41, 5.74) is -0.411. The Bertz CT molecular complexity index is 1060. The first-order valence-corrected chi connectivity index (χ1v) is 11.7. The second-order valence-electron chi connectivity index (χ2n) is 9.20. The van der Waals surface area contributed by atoms with Crippen molar-refractivity contribution in [3.05, 3.63) is 78.2 Å². The fourth-order valence-electron chi connectivity index (χ4n) is 4.62. The molecule has 8 nitrogen and oxygen atoms in total. The Labute approximate surface area is 199 Å². The lowest BCUT2D eigenvalue weighted by Gasteiger charge is -2.33. The van der Waals surface area contributed by atoms with Gasteiger partial charge in [-0.05, 0) is 50.3 Å². The van der Waals surface area contributed by atoms with E-state index < -0.39 is 29.6 Å². The predicted molar refractivity (Wildman–Crippen MR) is 127 cm³/mol. The first-order chi connectivity index (χ1) is 16.3. The number of hydrogen-bond acceptors (Lipinski definition) is 5. The molecule has 2 amide bonds. The van der Waals surface area contributed by atoms with Gasteiger partial charge in [0.05, 0.1) is 18.1 Å². The van der Waals surface area contributed by atoms with Crippen LogP contribution in [0.1, 0.15) is 50.8 Å². The van der Waals surface area contributed by atoms with Gasteiger partial charge >= 0.3 is 0 Å². The summed E-state index contributed by atoms with van der Waals surface area (Å²) in [6.07, 6.45) is 10.0. The van der Waals surface area contributed by atoms with Gasteiger partial charge in [-0.2, -0.15) is 5.10 Å². The Balaban J connectivity index is 1.38. The Hall–Kier alpha value is -3.23. The van der Waals surface area contributed by atoms with Gasteiger partial charge < -0.3 is 20.4 Å². The van der Waals surface area contributed by atoms with Gasteiger partial charge in [-0.3, -0.25) is 14.3 Å². The number of allylic oxidation sites excluding steroid dienone is 2. The standard InChI is InChI=1S/C26H32N4O4/c1-18(19-11-13-21(14-12-19)30-17-7-15-27-30)28-25(33)26(2,34)23(31)24(32)29-16-6-10-22(29)20-8-4-3-5-9-20/h3-5,7-9,11-13,15,17-18,21-23,31,34H,6,10,14,16H2,1-2H3,(H,28,33)/t18-,21?,22?,23+,26-/m1/s1. The maximum absolute atomic E-state index is 13.1. The molecular weight excluding hydrogens is 432 g/mol. The van der Waals surface area contributed by atoms with Gasteiger partial charge in [-0.15, -0.1) is 0 Å². The van der Waals surface area contributed by atoms with Gasteiger partial charge in [-0.25, -0.2) is 0 Å². The summed E-state index contributed by atoms with van der Waals surface area (Å²) >= 11 is 0. The van der Waals surface area contributed by atoms with Crippen LogP contribution in [0, 0.1) is 0 Å². The first-order valence-electron chi connectivity index (χ1n) is 11.7. The van der Waals surface area contributed by atoms with Gasteiger partial charge in [0.25, 0.3) is 11.8 Å². The molecule has 180 valence electrons. The van der Waals surface area contributed by atoms with Crippen LogP contribution in [0.15, 0.2) is 72.6 Å². The van der Waals surface area contributed by atoms with E-state index >= 15 is 0 Å². The van der Waals surface area contributed by atoms with Crippen molar-refractivity contribution in [3.8, 4) is 0 Å². The summed E-state index contributed by atoms with van der Waals surface area (Å²) < 4.78 is 1.86. The molecule has 34 heavy (non-hydrogen) atoms. The molecular formula is C26H32N4O4. The maximum Gasteiger partial charge on any atom is 0.255 e. The summed E-state index contributed by atoms with van der Waals surface area (Å²) in [6.45, 7) is 3.46. The van der Waals surface area contributed by atoms with Crippen molar-refractivity contribution in [2.24, 2.45) is 0 Å². The van der Waals surface area contributed by atoms with Gasteiger partial charge in [0.15, 0.2) is 11.7 Å². The number of aliphatic hydroxyl groups excluding tert-OH is 1. The van der Waals surface area contributed by atoms with E-state index in [1.165, 1.54) is 6.92 Å². The molecule has 1 aromatic carbocycles. The predicted octanol–water partition coefficient (Wildman–Crippen LogP) is 2.29. The molecule has 0 saturated carbocycles. The quantitative estimate of drug-likeness (QED) is 0.583. The highest BCUT2D eigenvalue weighted by atomic mass is 16.4. The topological polar surface area (TPSA) is 108 Å². The molecule has 8 heteroatoms. The summed E-state index contributed by atoms with van der Waals surface area (Å²) in [5.74, 6) is -1.43. The minimum atomic E-state index is -2.27. The normalized spacial score (nSPS) is 23.6. The summed E-state index contributed by atoms with van der Waals surface area (Å²) in [6, 6.07) is 11.0. The van der Waals surface area contributed by atoms with Crippen molar-refractivity contribution < 1.29 is 19.8 Å². The molecule has 2 heterocycles. The Morgan fingerprint density at radius 2 is 2.00 bits per heavy atom. The average molecular weight is 465 g/mol. The number of carbonyl (C=O) groups is 2. The van der Waals surface area contributed by atoms with Gasteiger partial charge in [-0.1, -0.05) is 48.6 Å². The molecule has 1 aromatic heterocycles. The minimum Gasteiger partial charge on any atom is -0.380 e. The highest BCUT2D eigenvalue weighted by molar-refractivity contribution is 5.94. The van der Waals surface area contributed by atoms with Crippen LogP contribution in [-0.2, 0) is 9.59 Å². The number of nitrogens with zero attached hydrogens (tertiary/aromatic N) is 3. The van der Waals surface area contributed by atoms with Crippen LogP contribution in [0.5, 0.6) is 0 Å². The second kappa shape index (κ2) is 9.95. The number of rotatable bonds is 7. The Morgan fingerprint density at radius 1 is 1.24 bits per heavy atom. The Kier molecular flexibility index (Phi) is 7.00. The first kappa shape index (κ1) is 23.9. The Morgan fingerprint density at radius 3 is 2.65 bits per heavy atom. The molecule has 0 spiro atoms. The summed E-state index contributed by atoms with van der Waals surface area (Å²) in [4.78, 5) is 27.6. The zero-order valence-corrected chi connectivity index (χ0v) is 19.5. The van der Waals surface area contributed by atoms with Gasteiger partial charge in [0, 0.05) is 18.9 Å². The molecule has 5 atom stereocenters. The van der Waals surface area contributed by atoms with Gasteiger partial charge in [0.2, 0.25) is 0 Å². The van der Waals surface area contributed by atoms with Crippen LogP contribution in [0.2, 0.25) is 0 Å². The number of nitrogens with one attached hydrogen (secondary N) is 1. The third-order valence-corrected chi connectivity index (χ3v) is 6.76. The lowest BCUT2D eigenvalue weighted by molar-refractivity contribution is -0.166. The van der Waals surface area contributed by atoms with E-state index in [9.17, 15) is 19.8 Å². The van der Waals surface area contributed by atoms with E-state index in [-0.39, 0.29) is 12.1 Å². The number of aromatic nitrogens is 2. The van der Waals surface area contributed by atoms with E-state index in [0.717, 1.165) is 30.4 Å². The lowest BCUT2D eigenvalue weighted by Crippen LogP contribution is -2.59. The van der Waals surface area contributed by atoms with Crippen LogP contribution in [0.3, 0.4) is 0 Å². The van der Waals surface area contributed by atoms with E-state index in [2.05, 4.69) is 10.4 Å². The van der Waals surface area contributed by atoms with E-state index in [1.54, 1.807) is 18.0 Å². The van der Waals surface area contributed by atoms with Crippen molar-refractivity contribution in [2.45, 2.75) is 62.9 Å². The SMILES string of the molecule is C[C@@H](NC(=O)[C@](C)(O)[C@@H](O)C(=O)N1CCCC1c1ccccc1)C1=CCC(n2cccn2)C=C1. The molecule has 1 aliphatic heterocycles. The molecule has 2 aromatic rings. The molecule has 1 saturated heterocycles. The van der Waals surface area contributed by atoms with Crippen LogP contribution < -0.4 is 5.32 Å². The number of likely N-dealkylation sites (tertiary alicyclic amines) is 1. The number of aliphatic hydroxyl groups is 2. The van der Waals surface area contributed by atoms with E-state index in [1.807, 2.05) is 65.5 Å². The smallest absolute Gasteiger partial charge is 0.255 e. The fraction of sp³-hybridized carbons (Fsp3) is 0.423. The summed E-state index contributed by atoms with van der Waals surface area (Å²) in [5, 5.41) is 28.7. The van der Waals surface area contributed by atoms with E-state index in [0.29, 0.717) is 6.54 Å². The minimum absolute atomic E-state index is 0.113. The fourth-order valence-corrected chi connectivity index (χ4v) is 4.62. The molecule has 2 aliphatic rings. The second-order valence-corrected chi connectivity index (χ2v) is 9.20. The molecule has 1 fully saturated rings. The summed E-state index contributed by atoms with van der Waals surface area (Å²) in [7, 11) is 0. The largest absolute Gasteiger partial charge is 0.380 e. The van der Waals surface area contributed by atoms with Crippen molar-refractivity contribution >= 4 is 11.8 Å². The maximum atomic E-state index is 13.1. The van der Waals surface area contributed by atoms with Gasteiger partial charge in [0.1, 0.15) is 0 Å². The van der Waals surface area contributed by atoms with Crippen LogP contribution in [0.4, 0.5) is 0 Å². The number of amides is 2. The molecule has 2 unspecified atom stereocenters. The molecule has 4 rings (SSSR count). The molecule has 0 radical (unpaired) electrons. The third-order valence-electron chi connectivity index (χ3n) is 6.76.